The molecule has 1 saturated heterocycles. The largest absolute Gasteiger partial charge is 0.489 e. The highest BCUT2D eigenvalue weighted by Crippen LogP contribution is 2.32. The van der Waals surface area contributed by atoms with Crippen LogP contribution >= 0.6 is 23.4 Å². The zero-order chi connectivity index (χ0) is 17.8. The van der Waals surface area contributed by atoms with E-state index in [0.717, 1.165) is 22.9 Å². The molecule has 3 rings (SSSR count). The molecule has 0 saturated carbocycles. The molecule has 2 aromatic rings. The van der Waals surface area contributed by atoms with Crippen molar-refractivity contribution in [1.29, 1.82) is 0 Å². The van der Waals surface area contributed by atoms with Gasteiger partial charge in [0, 0.05) is 17.1 Å². The number of nitrogens with zero attached hydrogens (tertiary/aromatic N) is 1. The monoisotopic (exact) mass is 373 g/mol. The summed E-state index contributed by atoms with van der Waals surface area (Å²) in [5, 5.41) is 0.448. The van der Waals surface area contributed by atoms with Crippen LogP contribution in [0.2, 0.25) is 5.02 Å². The van der Waals surface area contributed by atoms with Crippen molar-refractivity contribution < 1.29 is 14.3 Å². The van der Waals surface area contributed by atoms with Gasteiger partial charge in [-0.2, -0.15) is 0 Å². The molecule has 1 aliphatic rings. The van der Waals surface area contributed by atoms with Crippen LogP contribution in [0.5, 0.6) is 5.75 Å². The molecule has 0 unspecified atom stereocenters. The van der Waals surface area contributed by atoms with Crippen molar-refractivity contribution in [3.8, 4) is 5.75 Å². The standard InChI is InChI=1S/C19H16ClNO3S/c1-2-21-18(22)17(25-19(21)23)11-13-7-9-15(10-8-13)24-12-14-5-3-4-6-16(14)20/h3-11H,2,12H2,1H3/b17-11-. The van der Waals surface area contributed by atoms with E-state index in [1.54, 1.807) is 13.0 Å². The van der Waals surface area contributed by atoms with E-state index in [1.807, 2.05) is 48.5 Å². The van der Waals surface area contributed by atoms with Crippen LogP contribution < -0.4 is 4.74 Å². The molecule has 0 spiro atoms. The second-order valence-electron chi connectivity index (χ2n) is 5.38. The molecule has 0 aromatic heterocycles. The number of ether oxygens (including phenoxy) is 1. The van der Waals surface area contributed by atoms with Crippen molar-refractivity contribution in [2.45, 2.75) is 13.5 Å². The summed E-state index contributed by atoms with van der Waals surface area (Å²) in [6, 6.07) is 14.9. The lowest BCUT2D eigenvalue weighted by atomic mass is 10.2. The van der Waals surface area contributed by atoms with Gasteiger partial charge in [-0.3, -0.25) is 14.5 Å². The number of halogens is 1. The molecule has 4 nitrogen and oxygen atoms in total. The first-order chi connectivity index (χ1) is 12.1. The predicted molar refractivity (Wildman–Crippen MR) is 101 cm³/mol. The molecule has 0 bridgehead atoms. The number of imide groups is 1. The Bertz CT molecular complexity index is 833. The summed E-state index contributed by atoms with van der Waals surface area (Å²) in [7, 11) is 0. The van der Waals surface area contributed by atoms with E-state index in [9.17, 15) is 9.59 Å². The van der Waals surface area contributed by atoms with Gasteiger partial charge in [-0.25, -0.2) is 0 Å². The quantitative estimate of drug-likeness (QED) is 0.694. The zero-order valence-corrected chi connectivity index (χ0v) is 15.1. The van der Waals surface area contributed by atoms with E-state index in [4.69, 9.17) is 16.3 Å². The molecule has 128 valence electrons. The number of carbonyl (C=O) groups is 2. The topological polar surface area (TPSA) is 46.6 Å². The van der Waals surface area contributed by atoms with Crippen molar-refractivity contribution in [1.82, 2.24) is 4.90 Å². The van der Waals surface area contributed by atoms with Crippen molar-refractivity contribution in [3.05, 3.63) is 69.6 Å². The smallest absolute Gasteiger partial charge is 0.293 e. The number of thioether (sulfide) groups is 1. The van der Waals surface area contributed by atoms with Crippen LogP contribution in [0.3, 0.4) is 0 Å². The SMILES string of the molecule is CCN1C(=O)S/C(=C\c2ccc(OCc3ccccc3Cl)cc2)C1=O. The average molecular weight is 374 g/mol. The van der Waals surface area contributed by atoms with Crippen molar-refractivity contribution in [3.63, 3.8) is 0 Å². The van der Waals surface area contributed by atoms with Gasteiger partial charge in [0.15, 0.2) is 0 Å². The van der Waals surface area contributed by atoms with E-state index in [1.165, 1.54) is 4.90 Å². The third-order valence-corrected chi connectivity index (χ3v) is 5.00. The molecule has 0 radical (unpaired) electrons. The Morgan fingerprint density at radius 2 is 1.84 bits per heavy atom. The first-order valence-corrected chi connectivity index (χ1v) is 8.99. The van der Waals surface area contributed by atoms with Crippen LogP contribution in [0, 0.1) is 0 Å². The van der Waals surface area contributed by atoms with Crippen LogP contribution in [0.25, 0.3) is 6.08 Å². The summed E-state index contributed by atoms with van der Waals surface area (Å²) in [6.45, 7) is 2.55. The Morgan fingerprint density at radius 3 is 2.48 bits per heavy atom. The zero-order valence-electron chi connectivity index (χ0n) is 13.6. The van der Waals surface area contributed by atoms with Crippen molar-refractivity contribution in [2.24, 2.45) is 0 Å². The average Bonchev–Trinajstić information content (AvgIpc) is 2.88. The highest BCUT2D eigenvalue weighted by atomic mass is 35.5. The predicted octanol–water partition coefficient (Wildman–Crippen LogP) is 4.98. The van der Waals surface area contributed by atoms with Gasteiger partial charge < -0.3 is 4.74 Å². The summed E-state index contributed by atoms with van der Waals surface area (Å²) >= 11 is 7.07. The number of hydrogen-bond donors (Lipinski definition) is 0. The number of benzene rings is 2. The molecule has 2 amide bonds. The first kappa shape index (κ1) is 17.6. The van der Waals surface area contributed by atoms with E-state index in [2.05, 4.69) is 0 Å². The van der Waals surface area contributed by atoms with Crippen molar-refractivity contribution in [2.75, 3.05) is 6.54 Å². The van der Waals surface area contributed by atoms with E-state index >= 15 is 0 Å². The molecule has 1 aliphatic heterocycles. The number of rotatable bonds is 5. The Balaban J connectivity index is 1.67. The first-order valence-electron chi connectivity index (χ1n) is 7.80. The summed E-state index contributed by atoms with van der Waals surface area (Å²) in [5.41, 5.74) is 1.76. The van der Waals surface area contributed by atoms with Gasteiger partial charge in [0.2, 0.25) is 0 Å². The van der Waals surface area contributed by atoms with Gasteiger partial charge in [0.25, 0.3) is 11.1 Å². The van der Waals surface area contributed by atoms with Gasteiger partial charge in [0.1, 0.15) is 12.4 Å². The minimum atomic E-state index is -0.239. The Kier molecular flexibility index (Phi) is 5.46. The highest BCUT2D eigenvalue weighted by Gasteiger charge is 2.33. The summed E-state index contributed by atoms with van der Waals surface area (Å²) in [5.74, 6) is 0.468. The Morgan fingerprint density at radius 1 is 1.12 bits per heavy atom. The minimum absolute atomic E-state index is 0.224. The molecular formula is C19H16ClNO3S. The molecule has 0 aliphatic carbocycles. The number of hydrogen-bond acceptors (Lipinski definition) is 4. The second kappa shape index (κ2) is 7.76. The van der Waals surface area contributed by atoms with E-state index in [0.29, 0.717) is 28.8 Å². The maximum atomic E-state index is 12.1. The van der Waals surface area contributed by atoms with Gasteiger partial charge >= 0.3 is 0 Å². The van der Waals surface area contributed by atoms with Gasteiger partial charge in [-0.1, -0.05) is 41.9 Å². The molecule has 0 atom stereocenters. The number of carbonyl (C=O) groups excluding carboxylic acids is 2. The van der Waals surface area contributed by atoms with E-state index in [-0.39, 0.29) is 11.1 Å². The maximum Gasteiger partial charge on any atom is 0.293 e. The Labute approximate surface area is 155 Å². The molecule has 1 fully saturated rings. The lowest BCUT2D eigenvalue weighted by Gasteiger charge is -2.08. The van der Waals surface area contributed by atoms with Crippen molar-refractivity contribution >= 4 is 40.6 Å². The molecular weight excluding hydrogens is 358 g/mol. The fourth-order valence-corrected chi connectivity index (χ4v) is 3.45. The van der Waals surface area contributed by atoms with Crippen LogP contribution in [0.4, 0.5) is 4.79 Å². The third kappa shape index (κ3) is 4.06. The number of amides is 2. The maximum absolute atomic E-state index is 12.1. The fraction of sp³-hybridized carbons (Fsp3) is 0.158. The normalized spacial score (nSPS) is 15.9. The minimum Gasteiger partial charge on any atom is -0.489 e. The molecule has 2 aromatic carbocycles. The van der Waals surface area contributed by atoms with Crippen LogP contribution in [-0.2, 0) is 11.4 Å². The fourth-order valence-electron chi connectivity index (χ4n) is 2.36. The summed E-state index contributed by atoms with van der Waals surface area (Å²) in [6.07, 6.45) is 1.72. The molecule has 6 heteroatoms. The van der Waals surface area contributed by atoms with Crippen LogP contribution in [0.1, 0.15) is 18.1 Å². The second-order valence-corrected chi connectivity index (χ2v) is 6.78. The molecule has 0 N–H and O–H groups in total. The molecule has 1 heterocycles. The Hall–Kier alpha value is -2.24. The van der Waals surface area contributed by atoms with Crippen LogP contribution in [-0.4, -0.2) is 22.6 Å². The summed E-state index contributed by atoms with van der Waals surface area (Å²) < 4.78 is 5.73. The van der Waals surface area contributed by atoms with Gasteiger partial charge in [-0.05, 0) is 48.5 Å². The van der Waals surface area contributed by atoms with Gasteiger partial charge in [-0.15, -0.1) is 0 Å². The third-order valence-electron chi connectivity index (χ3n) is 3.72. The summed E-state index contributed by atoms with van der Waals surface area (Å²) in [4.78, 5) is 25.5. The molecule has 25 heavy (non-hydrogen) atoms. The van der Waals surface area contributed by atoms with Gasteiger partial charge in [0.05, 0.1) is 4.91 Å². The van der Waals surface area contributed by atoms with Crippen LogP contribution in [0.15, 0.2) is 53.4 Å². The lowest BCUT2D eigenvalue weighted by Crippen LogP contribution is -2.27. The lowest BCUT2D eigenvalue weighted by molar-refractivity contribution is -0.122. The number of likely N-dealkylation sites (N-methyl/N-ethyl adjacent to an activating group) is 1. The van der Waals surface area contributed by atoms with E-state index < -0.39 is 0 Å². The highest BCUT2D eigenvalue weighted by molar-refractivity contribution is 8.18.